The second kappa shape index (κ2) is 7.54. The topological polar surface area (TPSA) is 83.8 Å². The van der Waals surface area contributed by atoms with Crippen LogP contribution in [0.4, 0.5) is 14.5 Å². The molecule has 1 saturated carbocycles. The number of hydrogen-bond donors (Lipinski definition) is 2. The predicted octanol–water partition coefficient (Wildman–Crippen LogP) is 2.57. The lowest BCUT2D eigenvalue weighted by molar-refractivity contribution is 0.0695. The number of carboxylic acid groups (broad SMARTS) is 1. The van der Waals surface area contributed by atoms with Gasteiger partial charge < -0.3 is 24.6 Å². The molecule has 30 heavy (non-hydrogen) atoms. The van der Waals surface area contributed by atoms with Gasteiger partial charge in [-0.15, -0.1) is 0 Å². The van der Waals surface area contributed by atoms with Crippen molar-refractivity contribution in [1.82, 2.24) is 9.88 Å². The SMILES string of the molecule is CNC[C@@]1(CF)CCN(c2c(F)cc3c(=O)c(C(=O)O)cn(C4CC4)c3c2OC)C1. The molecule has 1 atom stereocenters. The Morgan fingerprint density at radius 1 is 1.43 bits per heavy atom. The number of carboxylic acids is 1. The molecule has 1 aliphatic heterocycles. The van der Waals surface area contributed by atoms with Gasteiger partial charge in [0.2, 0.25) is 5.43 Å². The number of anilines is 1. The highest BCUT2D eigenvalue weighted by atomic mass is 19.1. The Hall–Kier alpha value is -2.68. The number of hydrogen-bond acceptors (Lipinski definition) is 5. The summed E-state index contributed by atoms with van der Waals surface area (Å²) >= 11 is 0. The van der Waals surface area contributed by atoms with Gasteiger partial charge in [-0.2, -0.15) is 0 Å². The third kappa shape index (κ3) is 3.21. The quantitative estimate of drug-likeness (QED) is 0.715. The van der Waals surface area contributed by atoms with E-state index in [1.165, 1.54) is 13.3 Å². The summed E-state index contributed by atoms with van der Waals surface area (Å²) in [6.45, 7) is 0.693. The monoisotopic (exact) mass is 421 g/mol. The molecule has 1 aromatic heterocycles. The number of carbonyl (C=O) groups is 1. The van der Waals surface area contributed by atoms with Gasteiger partial charge in [-0.25, -0.2) is 9.18 Å². The smallest absolute Gasteiger partial charge is 0.341 e. The fraction of sp³-hybridized carbons (Fsp3) is 0.524. The number of alkyl halides is 1. The zero-order valence-corrected chi connectivity index (χ0v) is 17.0. The molecule has 7 nitrogen and oxygen atoms in total. The summed E-state index contributed by atoms with van der Waals surface area (Å²) < 4.78 is 36.4. The molecule has 0 bridgehead atoms. The lowest BCUT2D eigenvalue weighted by Gasteiger charge is -2.28. The van der Waals surface area contributed by atoms with Gasteiger partial charge in [0.1, 0.15) is 11.3 Å². The lowest BCUT2D eigenvalue weighted by Crippen LogP contribution is -2.37. The van der Waals surface area contributed by atoms with Crippen LogP contribution in [0.25, 0.3) is 10.9 Å². The van der Waals surface area contributed by atoms with E-state index in [0.29, 0.717) is 31.6 Å². The number of nitrogens with one attached hydrogen (secondary N) is 1. The Morgan fingerprint density at radius 3 is 2.73 bits per heavy atom. The highest BCUT2D eigenvalue weighted by molar-refractivity contribution is 5.97. The number of aromatic nitrogens is 1. The number of aromatic carboxylic acids is 1. The number of methoxy groups -OCH3 is 1. The molecular weight excluding hydrogens is 396 g/mol. The van der Waals surface area contributed by atoms with Crippen molar-refractivity contribution in [1.29, 1.82) is 0 Å². The number of pyridine rings is 1. The van der Waals surface area contributed by atoms with Gasteiger partial charge in [0.25, 0.3) is 0 Å². The lowest BCUT2D eigenvalue weighted by atomic mass is 9.89. The zero-order valence-electron chi connectivity index (χ0n) is 17.0. The van der Waals surface area contributed by atoms with Gasteiger partial charge in [-0.3, -0.25) is 9.18 Å². The molecule has 162 valence electrons. The molecule has 1 aliphatic carbocycles. The van der Waals surface area contributed by atoms with Crippen molar-refractivity contribution in [2.24, 2.45) is 5.41 Å². The minimum atomic E-state index is -1.35. The molecule has 2 aromatic rings. The number of fused-ring (bicyclic) bond motifs is 1. The first kappa shape index (κ1) is 20.6. The molecule has 4 rings (SSSR count). The summed E-state index contributed by atoms with van der Waals surface area (Å²) in [5.41, 5.74) is -1.18. The summed E-state index contributed by atoms with van der Waals surface area (Å²) in [6.07, 6.45) is 3.55. The first-order valence-corrected chi connectivity index (χ1v) is 10.00. The van der Waals surface area contributed by atoms with E-state index in [1.807, 2.05) is 0 Å². The van der Waals surface area contributed by atoms with Crippen LogP contribution in [0.5, 0.6) is 5.75 Å². The van der Waals surface area contributed by atoms with Crippen molar-refractivity contribution in [3.05, 3.63) is 33.9 Å². The Bertz CT molecular complexity index is 1070. The van der Waals surface area contributed by atoms with Crippen LogP contribution in [-0.2, 0) is 0 Å². The van der Waals surface area contributed by atoms with E-state index in [2.05, 4.69) is 5.32 Å². The Labute approximate surface area is 172 Å². The maximum atomic E-state index is 15.3. The Morgan fingerprint density at radius 2 is 2.17 bits per heavy atom. The van der Waals surface area contributed by atoms with Gasteiger partial charge in [0.15, 0.2) is 11.6 Å². The molecule has 9 heteroatoms. The summed E-state index contributed by atoms with van der Waals surface area (Å²) in [7, 11) is 3.15. The molecular formula is C21H25F2N3O4. The molecule has 2 N–H and O–H groups in total. The minimum Gasteiger partial charge on any atom is -0.492 e. The molecule has 0 radical (unpaired) electrons. The van der Waals surface area contributed by atoms with Crippen molar-refractivity contribution in [3.8, 4) is 5.75 Å². The molecule has 2 heterocycles. The van der Waals surface area contributed by atoms with Crippen LogP contribution in [0.2, 0.25) is 0 Å². The van der Waals surface area contributed by atoms with E-state index in [4.69, 9.17) is 4.74 Å². The normalized spacial score (nSPS) is 21.4. The van der Waals surface area contributed by atoms with Crippen molar-refractivity contribution >= 4 is 22.6 Å². The zero-order chi connectivity index (χ0) is 21.6. The highest BCUT2D eigenvalue weighted by Gasteiger charge is 2.40. The highest BCUT2D eigenvalue weighted by Crippen LogP contribution is 2.45. The number of nitrogens with zero attached hydrogens (tertiary/aromatic N) is 2. The number of benzene rings is 1. The minimum absolute atomic E-state index is 0.0222. The molecule has 0 amide bonds. The third-order valence-corrected chi connectivity index (χ3v) is 6.16. The van der Waals surface area contributed by atoms with E-state index in [0.717, 1.165) is 18.9 Å². The third-order valence-electron chi connectivity index (χ3n) is 6.16. The molecule has 1 saturated heterocycles. The summed E-state index contributed by atoms with van der Waals surface area (Å²) in [5.74, 6) is -1.84. The van der Waals surface area contributed by atoms with E-state index >= 15 is 4.39 Å². The number of ether oxygens (including phenoxy) is 1. The van der Waals surface area contributed by atoms with Crippen LogP contribution >= 0.6 is 0 Å². The van der Waals surface area contributed by atoms with Crippen LogP contribution in [0.1, 0.15) is 35.7 Å². The second-order valence-electron chi connectivity index (χ2n) is 8.29. The standard InChI is InChI=1S/C21H25F2N3O4/c1-24-10-21(9-22)5-6-25(11-21)17-15(23)7-13-16(19(17)30-2)26(12-3-4-12)8-14(18(13)27)20(28)29/h7-8,12,24H,3-6,9-11H2,1-2H3,(H,28,29)/t21-/m0/s1. The van der Waals surface area contributed by atoms with E-state index < -0.39 is 34.9 Å². The maximum absolute atomic E-state index is 15.3. The molecule has 1 aromatic carbocycles. The van der Waals surface area contributed by atoms with Crippen molar-refractivity contribution in [3.63, 3.8) is 0 Å². The van der Waals surface area contributed by atoms with Crippen LogP contribution in [-0.4, -0.2) is 56.1 Å². The van der Waals surface area contributed by atoms with Crippen LogP contribution in [0.3, 0.4) is 0 Å². The van der Waals surface area contributed by atoms with E-state index in [1.54, 1.807) is 16.5 Å². The van der Waals surface area contributed by atoms with Gasteiger partial charge in [0, 0.05) is 37.3 Å². The first-order chi connectivity index (χ1) is 14.4. The molecule has 2 aliphatic rings. The Balaban J connectivity index is 1.94. The van der Waals surface area contributed by atoms with Gasteiger partial charge in [-0.1, -0.05) is 0 Å². The number of halogens is 2. The van der Waals surface area contributed by atoms with Gasteiger partial charge >= 0.3 is 5.97 Å². The second-order valence-corrected chi connectivity index (χ2v) is 8.29. The van der Waals surface area contributed by atoms with Crippen molar-refractivity contribution in [2.45, 2.75) is 25.3 Å². The summed E-state index contributed by atoms with van der Waals surface area (Å²) in [4.78, 5) is 26.1. The van der Waals surface area contributed by atoms with Gasteiger partial charge in [-0.05, 0) is 32.4 Å². The maximum Gasteiger partial charge on any atom is 0.341 e. The van der Waals surface area contributed by atoms with E-state index in [-0.39, 0.29) is 22.9 Å². The molecule has 2 fully saturated rings. The first-order valence-electron chi connectivity index (χ1n) is 10.00. The fourth-order valence-electron chi connectivity index (χ4n) is 4.53. The van der Waals surface area contributed by atoms with Crippen LogP contribution < -0.4 is 20.4 Å². The van der Waals surface area contributed by atoms with Gasteiger partial charge in [0.05, 0.1) is 24.7 Å². The largest absolute Gasteiger partial charge is 0.492 e. The molecule has 0 spiro atoms. The average molecular weight is 421 g/mol. The fourth-order valence-corrected chi connectivity index (χ4v) is 4.53. The van der Waals surface area contributed by atoms with Crippen molar-refractivity contribution < 1.29 is 23.4 Å². The Kier molecular flexibility index (Phi) is 5.17. The molecule has 0 unspecified atom stereocenters. The summed E-state index contributed by atoms with van der Waals surface area (Å²) in [6, 6.07) is 1.13. The van der Waals surface area contributed by atoms with Crippen molar-refractivity contribution in [2.75, 3.05) is 45.4 Å². The number of rotatable bonds is 7. The predicted molar refractivity (Wildman–Crippen MR) is 109 cm³/mol. The summed E-state index contributed by atoms with van der Waals surface area (Å²) in [5, 5.41) is 12.4. The van der Waals surface area contributed by atoms with E-state index in [9.17, 15) is 19.1 Å². The van der Waals surface area contributed by atoms with Crippen LogP contribution in [0, 0.1) is 11.2 Å². The van der Waals surface area contributed by atoms with Crippen LogP contribution in [0.15, 0.2) is 17.1 Å². The average Bonchev–Trinajstić information content (AvgIpc) is 3.48.